The number of hydrogen-bond donors (Lipinski definition) is 3. The van der Waals surface area contributed by atoms with E-state index in [4.69, 9.17) is 5.11 Å². The summed E-state index contributed by atoms with van der Waals surface area (Å²) in [6.45, 7) is 3.59. The van der Waals surface area contributed by atoms with Crippen LogP contribution in [0.5, 0.6) is 0 Å². The van der Waals surface area contributed by atoms with Crippen LogP contribution in [0.25, 0.3) is 0 Å². The number of amides is 2. The quantitative estimate of drug-likeness (QED) is 0.598. The molecule has 0 fully saturated rings. The van der Waals surface area contributed by atoms with Gasteiger partial charge in [-0.05, 0) is 25.2 Å². The lowest BCUT2D eigenvalue weighted by Gasteiger charge is -2.17. The monoisotopic (exact) mass is 282 g/mol. The number of carboxylic acid groups (broad SMARTS) is 1. The Morgan fingerprint density at radius 2 is 1.85 bits per heavy atom. The smallest absolute Gasteiger partial charge is 0.326 e. The summed E-state index contributed by atoms with van der Waals surface area (Å²) < 4.78 is 0. The molecule has 0 saturated carbocycles. The highest BCUT2D eigenvalue weighted by molar-refractivity contribution is 5.88. The zero-order chi connectivity index (χ0) is 15.1. The van der Waals surface area contributed by atoms with Crippen LogP contribution in [0.4, 0.5) is 0 Å². The van der Waals surface area contributed by atoms with Crippen LogP contribution in [0.2, 0.25) is 0 Å². The second kappa shape index (κ2) is 7.67. The molecule has 6 nitrogen and oxygen atoms in total. The van der Waals surface area contributed by atoms with Crippen molar-refractivity contribution in [3.63, 3.8) is 0 Å². The van der Waals surface area contributed by atoms with Gasteiger partial charge in [-0.2, -0.15) is 0 Å². The average molecular weight is 282 g/mol. The van der Waals surface area contributed by atoms with Crippen LogP contribution in [0, 0.1) is 11.8 Å². The van der Waals surface area contributed by atoms with Crippen LogP contribution in [-0.2, 0) is 14.4 Å². The Bertz CT molecular complexity index is 396. The first-order chi connectivity index (χ1) is 9.40. The summed E-state index contributed by atoms with van der Waals surface area (Å²) in [7, 11) is 0. The highest BCUT2D eigenvalue weighted by Crippen LogP contribution is 2.17. The lowest BCUT2D eigenvalue weighted by atomic mass is 10.0. The molecule has 0 radical (unpaired) electrons. The lowest BCUT2D eigenvalue weighted by Crippen LogP contribution is -2.46. The van der Waals surface area contributed by atoms with Gasteiger partial charge in [0.25, 0.3) is 0 Å². The maximum Gasteiger partial charge on any atom is 0.326 e. The van der Waals surface area contributed by atoms with Gasteiger partial charge in [-0.15, -0.1) is 0 Å². The van der Waals surface area contributed by atoms with Gasteiger partial charge in [0.1, 0.15) is 6.04 Å². The highest BCUT2D eigenvalue weighted by atomic mass is 16.4. The summed E-state index contributed by atoms with van der Waals surface area (Å²) in [6.07, 6.45) is 5.62. The van der Waals surface area contributed by atoms with Gasteiger partial charge in [-0.1, -0.05) is 26.0 Å². The lowest BCUT2D eigenvalue weighted by molar-refractivity contribution is -0.142. The van der Waals surface area contributed by atoms with Crippen molar-refractivity contribution in [2.45, 2.75) is 39.2 Å². The van der Waals surface area contributed by atoms with Crippen molar-refractivity contribution >= 4 is 17.8 Å². The first-order valence-corrected chi connectivity index (χ1v) is 6.85. The molecule has 6 heteroatoms. The summed E-state index contributed by atoms with van der Waals surface area (Å²) in [5.41, 5.74) is 0. The van der Waals surface area contributed by atoms with Crippen molar-refractivity contribution in [3.8, 4) is 0 Å². The summed E-state index contributed by atoms with van der Waals surface area (Å²) >= 11 is 0. The predicted octanol–water partition coefficient (Wildman–Crippen LogP) is 0.684. The van der Waals surface area contributed by atoms with Crippen molar-refractivity contribution in [2.75, 3.05) is 6.54 Å². The van der Waals surface area contributed by atoms with Crippen LogP contribution >= 0.6 is 0 Å². The largest absolute Gasteiger partial charge is 0.480 e. The summed E-state index contributed by atoms with van der Waals surface area (Å²) in [5.74, 6) is -1.64. The Morgan fingerprint density at radius 1 is 1.25 bits per heavy atom. The molecule has 3 N–H and O–H groups in total. The van der Waals surface area contributed by atoms with Crippen molar-refractivity contribution in [1.82, 2.24) is 10.6 Å². The zero-order valence-electron chi connectivity index (χ0n) is 11.9. The van der Waals surface area contributed by atoms with Crippen molar-refractivity contribution < 1.29 is 19.5 Å². The fourth-order valence-electron chi connectivity index (χ4n) is 2.08. The molecule has 1 aliphatic rings. The number of carboxylic acids is 1. The van der Waals surface area contributed by atoms with Crippen LogP contribution in [0.3, 0.4) is 0 Å². The number of carbonyl (C=O) groups is 3. The van der Waals surface area contributed by atoms with E-state index in [2.05, 4.69) is 10.6 Å². The molecule has 0 spiro atoms. The maximum atomic E-state index is 11.7. The van der Waals surface area contributed by atoms with Gasteiger partial charge in [0.2, 0.25) is 11.8 Å². The number of nitrogens with one attached hydrogen (secondary N) is 2. The molecule has 0 aromatic carbocycles. The first-order valence-electron chi connectivity index (χ1n) is 6.85. The van der Waals surface area contributed by atoms with E-state index < -0.39 is 17.9 Å². The molecular weight excluding hydrogens is 260 g/mol. The Morgan fingerprint density at radius 3 is 2.35 bits per heavy atom. The van der Waals surface area contributed by atoms with Crippen LogP contribution in [0.15, 0.2) is 12.2 Å². The standard InChI is InChI=1S/C14H22N2O4/c1-9(2)7-11(14(19)20)16-12(17)8-15-13(18)10-5-3-4-6-10/h3-4,9-11H,5-8H2,1-2H3,(H,15,18)(H,16,17)(H,19,20)/t11-/m0/s1. The molecule has 1 atom stereocenters. The molecule has 0 saturated heterocycles. The van der Waals surface area contributed by atoms with Crippen molar-refractivity contribution in [2.24, 2.45) is 11.8 Å². The fraction of sp³-hybridized carbons (Fsp3) is 0.643. The summed E-state index contributed by atoms with van der Waals surface area (Å²) in [6, 6.07) is -0.910. The van der Waals surface area contributed by atoms with Crippen LogP contribution < -0.4 is 10.6 Å². The second-order valence-corrected chi connectivity index (χ2v) is 5.45. The molecule has 1 rings (SSSR count). The van der Waals surface area contributed by atoms with E-state index >= 15 is 0 Å². The molecule has 0 aliphatic heterocycles. The van der Waals surface area contributed by atoms with E-state index in [1.165, 1.54) is 0 Å². The molecule has 0 aromatic heterocycles. The Kier molecular flexibility index (Phi) is 6.21. The van der Waals surface area contributed by atoms with E-state index in [0.717, 1.165) is 0 Å². The third-order valence-corrected chi connectivity index (χ3v) is 3.14. The van der Waals surface area contributed by atoms with Crippen LogP contribution in [0.1, 0.15) is 33.1 Å². The highest BCUT2D eigenvalue weighted by Gasteiger charge is 2.23. The first kappa shape index (κ1) is 16.2. The van der Waals surface area contributed by atoms with Crippen molar-refractivity contribution in [3.05, 3.63) is 12.2 Å². The van der Waals surface area contributed by atoms with Gasteiger partial charge < -0.3 is 15.7 Å². The third-order valence-electron chi connectivity index (χ3n) is 3.14. The van der Waals surface area contributed by atoms with E-state index in [9.17, 15) is 14.4 Å². The van der Waals surface area contributed by atoms with E-state index in [1.54, 1.807) is 0 Å². The molecule has 0 heterocycles. The van der Waals surface area contributed by atoms with Crippen LogP contribution in [-0.4, -0.2) is 35.5 Å². The number of aliphatic carboxylic acids is 1. The number of carbonyl (C=O) groups excluding carboxylic acids is 2. The molecule has 2 amide bonds. The van der Waals surface area contributed by atoms with Gasteiger partial charge in [-0.25, -0.2) is 4.79 Å². The zero-order valence-corrected chi connectivity index (χ0v) is 11.9. The molecule has 0 bridgehead atoms. The average Bonchev–Trinajstić information content (AvgIpc) is 2.88. The van der Waals surface area contributed by atoms with E-state index in [1.807, 2.05) is 26.0 Å². The molecular formula is C14H22N2O4. The van der Waals surface area contributed by atoms with E-state index in [-0.39, 0.29) is 24.3 Å². The summed E-state index contributed by atoms with van der Waals surface area (Å²) in [5, 5.41) is 14.0. The van der Waals surface area contributed by atoms with E-state index in [0.29, 0.717) is 19.3 Å². The molecule has 0 aromatic rings. The predicted molar refractivity (Wildman–Crippen MR) is 73.9 cm³/mol. The molecule has 112 valence electrons. The SMILES string of the molecule is CC(C)C[C@H](NC(=O)CNC(=O)C1CC=CC1)C(=O)O. The Balaban J connectivity index is 2.34. The van der Waals surface area contributed by atoms with Gasteiger partial charge in [0.15, 0.2) is 0 Å². The minimum absolute atomic E-state index is 0.103. The third kappa shape index (κ3) is 5.42. The number of allylic oxidation sites excluding steroid dienone is 2. The number of hydrogen-bond acceptors (Lipinski definition) is 3. The second-order valence-electron chi connectivity index (χ2n) is 5.45. The minimum Gasteiger partial charge on any atom is -0.480 e. The fourth-order valence-corrected chi connectivity index (χ4v) is 2.08. The maximum absolute atomic E-state index is 11.7. The topological polar surface area (TPSA) is 95.5 Å². The number of rotatable bonds is 7. The van der Waals surface area contributed by atoms with Gasteiger partial charge in [0.05, 0.1) is 6.54 Å². The summed E-state index contributed by atoms with van der Waals surface area (Å²) in [4.78, 5) is 34.4. The Hall–Kier alpha value is -1.85. The van der Waals surface area contributed by atoms with Gasteiger partial charge in [0, 0.05) is 5.92 Å². The van der Waals surface area contributed by atoms with Crippen molar-refractivity contribution in [1.29, 1.82) is 0 Å². The van der Waals surface area contributed by atoms with Gasteiger partial charge >= 0.3 is 5.97 Å². The normalized spacial score (nSPS) is 16.1. The minimum atomic E-state index is -1.06. The van der Waals surface area contributed by atoms with Gasteiger partial charge in [-0.3, -0.25) is 9.59 Å². The Labute approximate surface area is 118 Å². The molecule has 0 unspecified atom stereocenters. The molecule has 1 aliphatic carbocycles. The molecule has 20 heavy (non-hydrogen) atoms.